The Bertz CT molecular complexity index is 954. The number of carbonyl (C=O) groups is 2. The van der Waals surface area contributed by atoms with Crippen molar-refractivity contribution in [3.05, 3.63) is 64.2 Å². The number of carboxylic acids is 1. The van der Waals surface area contributed by atoms with E-state index in [4.69, 9.17) is 5.11 Å². The van der Waals surface area contributed by atoms with E-state index in [1.165, 1.54) is 11.1 Å². The molecule has 1 amide bonds. The van der Waals surface area contributed by atoms with Gasteiger partial charge < -0.3 is 10.0 Å². The third-order valence-corrected chi connectivity index (χ3v) is 6.31. The number of fused-ring (bicyclic) bond motifs is 2. The van der Waals surface area contributed by atoms with Crippen LogP contribution in [0.25, 0.3) is 0 Å². The van der Waals surface area contributed by atoms with Gasteiger partial charge in [0.2, 0.25) is 0 Å². The molecule has 1 N–H and O–H groups in total. The number of benzene rings is 2. The molecule has 0 fully saturated rings. The number of amides is 1. The molecule has 4 heteroatoms. The Balaban J connectivity index is 1.76. The van der Waals surface area contributed by atoms with Crippen molar-refractivity contribution in [2.24, 2.45) is 0 Å². The molecule has 0 unspecified atom stereocenters. The van der Waals surface area contributed by atoms with E-state index in [-0.39, 0.29) is 22.3 Å². The number of rotatable bonds is 2. The fourth-order valence-electron chi connectivity index (χ4n) is 4.37. The van der Waals surface area contributed by atoms with Crippen LogP contribution in [0, 0.1) is 0 Å². The molecule has 140 valence electrons. The van der Waals surface area contributed by atoms with Crippen LogP contribution in [0.5, 0.6) is 0 Å². The number of aromatic carboxylic acids is 1. The van der Waals surface area contributed by atoms with Gasteiger partial charge in [-0.15, -0.1) is 0 Å². The zero-order valence-corrected chi connectivity index (χ0v) is 16.3. The van der Waals surface area contributed by atoms with E-state index < -0.39 is 5.97 Å². The van der Waals surface area contributed by atoms with Crippen LogP contribution in [0.3, 0.4) is 0 Å². The van der Waals surface area contributed by atoms with Gasteiger partial charge in [-0.1, -0.05) is 33.8 Å². The lowest BCUT2D eigenvalue weighted by molar-refractivity contribution is 0.0696. The third kappa shape index (κ3) is 2.75. The molecule has 0 saturated carbocycles. The number of carboxylic acid groups (broad SMARTS) is 1. The van der Waals surface area contributed by atoms with Crippen LogP contribution in [0.4, 0.5) is 5.69 Å². The van der Waals surface area contributed by atoms with Crippen LogP contribution in [-0.2, 0) is 17.4 Å². The van der Waals surface area contributed by atoms with Crippen LogP contribution in [0.15, 0.2) is 36.4 Å². The predicted molar refractivity (Wildman–Crippen MR) is 106 cm³/mol. The van der Waals surface area contributed by atoms with Gasteiger partial charge in [-0.3, -0.25) is 4.79 Å². The minimum Gasteiger partial charge on any atom is -0.478 e. The van der Waals surface area contributed by atoms with Gasteiger partial charge in [0.05, 0.1) is 12.1 Å². The van der Waals surface area contributed by atoms with Crippen molar-refractivity contribution in [2.75, 3.05) is 4.90 Å². The van der Waals surface area contributed by atoms with Gasteiger partial charge in [0.1, 0.15) is 0 Å². The number of anilines is 1. The van der Waals surface area contributed by atoms with E-state index >= 15 is 0 Å². The second-order valence-corrected chi connectivity index (χ2v) is 9.07. The molecular weight excluding hydrogens is 338 g/mol. The van der Waals surface area contributed by atoms with Crippen molar-refractivity contribution in [3.8, 4) is 0 Å². The Morgan fingerprint density at radius 3 is 2.07 bits per heavy atom. The van der Waals surface area contributed by atoms with E-state index in [2.05, 4.69) is 39.8 Å². The summed E-state index contributed by atoms with van der Waals surface area (Å²) >= 11 is 0. The van der Waals surface area contributed by atoms with Crippen molar-refractivity contribution < 1.29 is 14.7 Å². The molecule has 0 saturated heterocycles. The van der Waals surface area contributed by atoms with E-state index in [9.17, 15) is 9.59 Å². The van der Waals surface area contributed by atoms with Crippen molar-refractivity contribution in [3.63, 3.8) is 0 Å². The first-order valence-corrected chi connectivity index (χ1v) is 9.43. The molecule has 4 nitrogen and oxygen atoms in total. The van der Waals surface area contributed by atoms with E-state index in [0.717, 1.165) is 29.7 Å². The Kier molecular flexibility index (Phi) is 3.74. The lowest BCUT2D eigenvalue weighted by atomic mass is 9.62. The summed E-state index contributed by atoms with van der Waals surface area (Å²) in [7, 11) is 0. The highest BCUT2D eigenvalue weighted by molar-refractivity contribution is 6.10. The molecule has 0 atom stereocenters. The Morgan fingerprint density at radius 2 is 1.52 bits per heavy atom. The van der Waals surface area contributed by atoms with Gasteiger partial charge in [0.15, 0.2) is 0 Å². The molecule has 0 radical (unpaired) electrons. The van der Waals surface area contributed by atoms with E-state index in [1.807, 2.05) is 0 Å². The number of hydrogen-bond acceptors (Lipinski definition) is 2. The largest absolute Gasteiger partial charge is 0.478 e. The smallest absolute Gasteiger partial charge is 0.335 e. The fourth-order valence-corrected chi connectivity index (χ4v) is 4.37. The van der Waals surface area contributed by atoms with Crippen molar-refractivity contribution in [1.82, 2.24) is 0 Å². The zero-order chi connectivity index (χ0) is 19.6. The Hall–Kier alpha value is -2.62. The van der Waals surface area contributed by atoms with Crippen LogP contribution < -0.4 is 4.90 Å². The molecule has 2 aliphatic rings. The van der Waals surface area contributed by atoms with Crippen molar-refractivity contribution in [2.45, 2.75) is 57.9 Å². The second kappa shape index (κ2) is 5.69. The molecule has 4 rings (SSSR count). The standard InChI is InChI=1S/C23H25NO3/c1-22(2)9-10-23(3,4)19-12-17-15(11-18(19)22)13-24(20(17)25)16-7-5-14(6-8-16)21(26)27/h5-8,11-12H,9-10,13H2,1-4H3,(H,26,27). The molecule has 0 bridgehead atoms. The first-order chi connectivity index (χ1) is 12.6. The molecule has 2 aromatic carbocycles. The summed E-state index contributed by atoms with van der Waals surface area (Å²) < 4.78 is 0. The van der Waals surface area contributed by atoms with Gasteiger partial charge in [-0.05, 0) is 70.7 Å². The molecule has 27 heavy (non-hydrogen) atoms. The lowest BCUT2D eigenvalue weighted by Crippen LogP contribution is -2.34. The molecular formula is C23H25NO3. The predicted octanol–water partition coefficient (Wildman–Crippen LogP) is 4.89. The lowest BCUT2D eigenvalue weighted by Gasteiger charge is -2.42. The zero-order valence-electron chi connectivity index (χ0n) is 16.3. The summed E-state index contributed by atoms with van der Waals surface area (Å²) in [5.74, 6) is -0.968. The summed E-state index contributed by atoms with van der Waals surface area (Å²) in [5.41, 5.74) is 5.62. The van der Waals surface area contributed by atoms with Gasteiger partial charge in [-0.25, -0.2) is 4.79 Å². The first kappa shape index (κ1) is 17.8. The maximum absolute atomic E-state index is 13.1. The molecule has 0 spiro atoms. The quantitative estimate of drug-likeness (QED) is 0.826. The second-order valence-electron chi connectivity index (χ2n) is 9.07. The SMILES string of the molecule is CC1(C)CCC(C)(C)c2cc3c(cc21)CN(c1ccc(C(=O)O)cc1)C3=O. The maximum Gasteiger partial charge on any atom is 0.335 e. The highest BCUT2D eigenvalue weighted by Gasteiger charge is 2.40. The van der Waals surface area contributed by atoms with Crippen LogP contribution >= 0.6 is 0 Å². The van der Waals surface area contributed by atoms with Crippen LogP contribution in [0.2, 0.25) is 0 Å². The van der Waals surface area contributed by atoms with E-state index in [1.54, 1.807) is 29.2 Å². The summed E-state index contributed by atoms with van der Waals surface area (Å²) in [4.78, 5) is 25.9. The van der Waals surface area contributed by atoms with Gasteiger partial charge >= 0.3 is 5.97 Å². The topological polar surface area (TPSA) is 57.6 Å². The van der Waals surface area contributed by atoms with Gasteiger partial charge in [0, 0.05) is 11.3 Å². The molecule has 2 aromatic rings. The molecule has 1 aliphatic heterocycles. The van der Waals surface area contributed by atoms with Gasteiger partial charge in [-0.2, -0.15) is 0 Å². The average molecular weight is 363 g/mol. The molecule has 1 heterocycles. The van der Waals surface area contributed by atoms with Gasteiger partial charge in [0.25, 0.3) is 5.91 Å². The first-order valence-electron chi connectivity index (χ1n) is 9.43. The monoisotopic (exact) mass is 363 g/mol. The van der Waals surface area contributed by atoms with Crippen LogP contribution in [0.1, 0.15) is 77.9 Å². The van der Waals surface area contributed by atoms with Crippen LogP contribution in [-0.4, -0.2) is 17.0 Å². The minimum absolute atomic E-state index is 0.00458. The number of nitrogens with zero attached hydrogens (tertiary/aromatic N) is 1. The minimum atomic E-state index is -0.963. The third-order valence-electron chi connectivity index (χ3n) is 6.31. The summed E-state index contributed by atoms with van der Waals surface area (Å²) in [6, 6.07) is 10.9. The Labute approximate surface area is 159 Å². The number of hydrogen-bond donors (Lipinski definition) is 1. The normalized spacial score (nSPS) is 19.6. The Morgan fingerprint density at radius 1 is 0.963 bits per heavy atom. The fraction of sp³-hybridized carbons (Fsp3) is 0.391. The maximum atomic E-state index is 13.1. The molecule has 0 aromatic heterocycles. The molecule has 1 aliphatic carbocycles. The summed E-state index contributed by atoms with van der Waals surface area (Å²) in [6.07, 6.45) is 2.25. The van der Waals surface area contributed by atoms with Crippen molar-refractivity contribution >= 4 is 17.6 Å². The van der Waals surface area contributed by atoms with Crippen molar-refractivity contribution in [1.29, 1.82) is 0 Å². The number of carbonyl (C=O) groups excluding carboxylic acids is 1. The summed E-state index contributed by atoms with van der Waals surface area (Å²) in [6.45, 7) is 9.62. The highest BCUT2D eigenvalue weighted by Crippen LogP contribution is 2.47. The van der Waals surface area contributed by atoms with E-state index in [0.29, 0.717) is 6.54 Å². The summed E-state index contributed by atoms with van der Waals surface area (Å²) in [5, 5.41) is 9.07. The average Bonchev–Trinajstić information content (AvgIpc) is 2.94. The highest BCUT2D eigenvalue weighted by atomic mass is 16.4.